The summed E-state index contributed by atoms with van der Waals surface area (Å²) in [6, 6.07) is 16.1. The second-order valence-corrected chi connectivity index (χ2v) is 8.20. The Morgan fingerprint density at radius 2 is 1.93 bits per heavy atom. The molecule has 1 aromatic heterocycles. The maximum absolute atomic E-state index is 13.0. The van der Waals surface area contributed by atoms with Crippen molar-refractivity contribution in [3.63, 3.8) is 0 Å². The largest absolute Gasteiger partial charge is 0.348 e. The van der Waals surface area contributed by atoms with Gasteiger partial charge in [-0.3, -0.25) is 9.59 Å². The van der Waals surface area contributed by atoms with Gasteiger partial charge in [-0.05, 0) is 48.1 Å². The van der Waals surface area contributed by atoms with E-state index in [4.69, 9.17) is 0 Å². The summed E-state index contributed by atoms with van der Waals surface area (Å²) >= 11 is 0. The number of carbonyl (C=O) groups is 2. The van der Waals surface area contributed by atoms with Gasteiger partial charge in [0.05, 0.1) is 18.2 Å². The van der Waals surface area contributed by atoms with E-state index in [1.165, 1.54) is 5.56 Å². The number of imidazole rings is 1. The van der Waals surface area contributed by atoms with Crippen molar-refractivity contribution in [1.29, 1.82) is 0 Å². The number of H-pyrrole nitrogens is 1. The third-order valence-electron chi connectivity index (χ3n) is 6.24. The van der Waals surface area contributed by atoms with E-state index in [1.54, 1.807) is 12.5 Å². The van der Waals surface area contributed by atoms with Crippen LogP contribution in [-0.2, 0) is 34.4 Å². The molecule has 0 spiro atoms. The summed E-state index contributed by atoms with van der Waals surface area (Å²) in [6.07, 6.45) is 6.18. The Labute approximate surface area is 175 Å². The van der Waals surface area contributed by atoms with Crippen molar-refractivity contribution in [2.75, 3.05) is 11.9 Å². The molecule has 0 atom stereocenters. The van der Waals surface area contributed by atoms with Crippen LogP contribution in [0.2, 0.25) is 0 Å². The first-order valence-electron chi connectivity index (χ1n) is 10.4. The topological polar surface area (TPSA) is 78.1 Å². The molecule has 0 bridgehead atoms. The first-order chi connectivity index (χ1) is 14.6. The number of aromatic nitrogens is 2. The van der Waals surface area contributed by atoms with E-state index in [1.807, 2.05) is 47.4 Å². The molecule has 2 aromatic carbocycles. The molecule has 3 aromatic rings. The van der Waals surface area contributed by atoms with Gasteiger partial charge in [-0.15, -0.1) is 0 Å². The van der Waals surface area contributed by atoms with Crippen molar-refractivity contribution in [3.8, 4) is 0 Å². The van der Waals surface area contributed by atoms with Gasteiger partial charge in [-0.2, -0.15) is 0 Å². The van der Waals surface area contributed by atoms with Gasteiger partial charge in [-0.1, -0.05) is 36.4 Å². The van der Waals surface area contributed by atoms with Crippen molar-refractivity contribution in [3.05, 3.63) is 83.4 Å². The molecule has 5 rings (SSSR count). The van der Waals surface area contributed by atoms with Crippen LogP contribution in [-0.4, -0.2) is 33.2 Å². The van der Waals surface area contributed by atoms with Gasteiger partial charge in [0, 0.05) is 30.7 Å². The fourth-order valence-corrected chi connectivity index (χ4v) is 4.28. The van der Waals surface area contributed by atoms with Crippen LogP contribution in [0.5, 0.6) is 0 Å². The van der Waals surface area contributed by atoms with E-state index in [9.17, 15) is 9.59 Å². The van der Waals surface area contributed by atoms with Gasteiger partial charge in [-0.25, -0.2) is 4.98 Å². The summed E-state index contributed by atoms with van der Waals surface area (Å²) in [5.41, 5.74) is 4.63. The fraction of sp³-hybridized carbons (Fsp3) is 0.292. The summed E-state index contributed by atoms with van der Waals surface area (Å²) in [5, 5.41) is 3.12. The van der Waals surface area contributed by atoms with E-state index in [0.29, 0.717) is 19.5 Å². The molecule has 2 N–H and O–H groups in total. The van der Waals surface area contributed by atoms with E-state index < -0.39 is 5.41 Å². The molecule has 0 unspecified atom stereocenters. The highest BCUT2D eigenvalue weighted by molar-refractivity contribution is 6.01. The summed E-state index contributed by atoms with van der Waals surface area (Å²) in [7, 11) is 0. The minimum atomic E-state index is -0.400. The molecule has 0 radical (unpaired) electrons. The van der Waals surface area contributed by atoms with Gasteiger partial charge in [0.1, 0.15) is 0 Å². The average Bonchev–Trinajstić information content (AvgIpc) is 3.44. The smallest absolute Gasteiger partial charge is 0.235 e. The summed E-state index contributed by atoms with van der Waals surface area (Å²) in [5.74, 6) is 0.136. The van der Waals surface area contributed by atoms with Crippen LogP contribution < -0.4 is 5.32 Å². The second kappa shape index (κ2) is 7.44. The molecule has 1 aliphatic heterocycles. The molecule has 30 heavy (non-hydrogen) atoms. The Balaban J connectivity index is 1.29. The third kappa shape index (κ3) is 3.49. The summed E-state index contributed by atoms with van der Waals surface area (Å²) in [6.45, 7) is 1.28. The van der Waals surface area contributed by atoms with Crippen molar-refractivity contribution in [2.24, 2.45) is 0 Å². The zero-order valence-corrected chi connectivity index (χ0v) is 16.7. The number of benzene rings is 2. The number of anilines is 1. The lowest BCUT2D eigenvalue weighted by Crippen LogP contribution is -2.37. The lowest BCUT2D eigenvalue weighted by molar-refractivity contribution is -0.131. The number of amides is 2. The van der Waals surface area contributed by atoms with Gasteiger partial charge in [0.2, 0.25) is 11.8 Å². The Morgan fingerprint density at radius 3 is 2.67 bits per heavy atom. The maximum Gasteiger partial charge on any atom is 0.235 e. The zero-order chi connectivity index (χ0) is 20.6. The molecule has 6 heteroatoms. The predicted octanol–water partition coefficient (Wildman–Crippen LogP) is 3.21. The first kappa shape index (κ1) is 18.6. The molecular formula is C24H24N4O2. The number of hydrogen-bond donors (Lipinski definition) is 2. The minimum absolute atomic E-state index is 0.0524. The lowest BCUT2D eigenvalue weighted by Gasteiger charge is -2.29. The van der Waals surface area contributed by atoms with E-state index >= 15 is 0 Å². The number of fused-ring (bicyclic) bond motifs is 1. The van der Waals surface area contributed by atoms with E-state index in [-0.39, 0.29) is 11.8 Å². The molecule has 1 fully saturated rings. The summed E-state index contributed by atoms with van der Waals surface area (Å²) < 4.78 is 0. The molecule has 6 nitrogen and oxygen atoms in total. The zero-order valence-electron chi connectivity index (χ0n) is 16.7. The van der Waals surface area contributed by atoms with Gasteiger partial charge < -0.3 is 15.2 Å². The highest BCUT2D eigenvalue weighted by Crippen LogP contribution is 2.49. The molecule has 2 aliphatic rings. The number of carbonyl (C=O) groups excluding carboxylic acids is 2. The molecular weight excluding hydrogens is 376 g/mol. The molecule has 1 aliphatic carbocycles. The van der Waals surface area contributed by atoms with Crippen LogP contribution in [0.4, 0.5) is 5.69 Å². The van der Waals surface area contributed by atoms with Gasteiger partial charge >= 0.3 is 0 Å². The maximum atomic E-state index is 13.0. The summed E-state index contributed by atoms with van der Waals surface area (Å²) in [4.78, 5) is 34.5. The highest BCUT2D eigenvalue weighted by Gasteiger charge is 2.51. The van der Waals surface area contributed by atoms with Crippen molar-refractivity contribution < 1.29 is 9.59 Å². The minimum Gasteiger partial charge on any atom is -0.348 e. The van der Waals surface area contributed by atoms with Crippen LogP contribution in [0.15, 0.2) is 61.1 Å². The number of hydrogen-bond acceptors (Lipinski definition) is 3. The van der Waals surface area contributed by atoms with Gasteiger partial charge in [0.25, 0.3) is 0 Å². The standard InChI is InChI=1S/C24H24N4O2/c29-22(13-21-14-25-16-26-21)28-11-8-17-6-7-20(12-18(17)15-28)27-23(30)24(9-10-24)19-4-2-1-3-5-19/h1-7,12,14,16H,8-11,13,15H2,(H,25,26)(H,27,30). The molecule has 2 amide bonds. The van der Waals surface area contributed by atoms with Crippen LogP contribution in [0.25, 0.3) is 0 Å². The molecule has 0 saturated heterocycles. The van der Waals surface area contributed by atoms with Crippen molar-refractivity contribution in [1.82, 2.24) is 14.9 Å². The Bertz CT molecular complexity index is 1070. The number of nitrogens with zero attached hydrogens (tertiary/aromatic N) is 2. The second-order valence-electron chi connectivity index (χ2n) is 8.20. The highest BCUT2D eigenvalue weighted by atomic mass is 16.2. The number of nitrogens with one attached hydrogen (secondary N) is 2. The molecule has 1 saturated carbocycles. The first-order valence-corrected chi connectivity index (χ1v) is 10.4. The SMILES string of the molecule is O=C(Cc1cnc[nH]1)N1CCc2ccc(NC(=O)C3(c4ccccc4)CC3)cc2C1. The van der Waals surface area contributed by atoms with Crippen molar-refractivity contribution in [2.45, 2.75) is 37.6 Å². The van der Waals surface area contributed by atoms with E-state index in [0.717, 1.165) is 41.8 Å². The van der Waals surface area contributed by atoms with Crippen LogP contribution in [0.3, 0.4) is 0 Å². The van der Waals surface area contributed by atoms with Crippen LogP contribution in [0.1, 0.15) is 35.2 Å². The normalized spacial score (nSPS) is 16.6. The van der Waals surface area contributed by atoms with Crippen LogP contribution >= 0.6 is 0 Å². The fourth-order valence-electron chi connectivity index (χ4n) is 4.28. The Morgan fingerprint density at radius 1 is 1.10 bits per heavy atom. The number of aromatic amines is 1. The quantitative estimate of drug-likeness (QED) is 0.690. The lowest BCUT2D eigenvalue weighted by atomic mass is 9.94. The third-order valence-corrected chi connectivity index (χ3v) is 6.24. The Kier molecular flexibility index (Phi) is 4.62. The Hall–Kier alpha value is -3.41. The van der Waals surface area contributed by atoms with Gasteiger partial charge in [0.15, 0.2) is 0 Å². The molecule has 152 valence electrons. The monoisotopic (exact) mass is 400 g/mol. The van der Waals surface area contributed by atoms with Crippen molar-refractivity contribution >= 4 is 17.5 Å². The molecule has 2 heterocycles. The average molecular weight is 400 g/mol. The van der Waals surface area contributed by atoms with E-state index in [2.05, 4.69) is 21.4 Å². The van der Waals surface area contributed by atoms with Crippen LogP contribution in [0, 0.1) is 0 Å². The predicted molar refractivity (Wildman–Crippen MR) is 114 cm³/mol. The number of rotatable bonds is 5.